The highest BCUT2D eigenvalue weighted by atomic mass is 32.2. The van der Waals surface area contributed by atoms with Gasteiger partial charge in [-0.2, -0.15) is 0 Å². The average molecular weight is 348 g/mol. The van der Waals surface area contributed by atoms with Crippen LogP contribution in [0, 0.1) is 5.82 Å². The third kappa shape index (κ3) is 4.54. The summed E-state index contributed by atoms with van der Waals surface area (Å²) in [6.07, 6.45) is 5.47. The number of fused-ring (bicyclic) bond motifs is 1. The fraction of sp³-hybridized carbons (Fsp3) is 0.389. The van der Waals surface area contributed by atoms with Crippen LogP contribution in [0.5, 0.6) is 0 Å². The second-order valence-corrected chi connectivity index (χ2v) is 6.97. The van der Waals surface area contributed by atoms with E-state index in [4.69, 9.17) is 4.42 Å². The number of hydrogen-bond acceptors (Lipinski definition) is 3. The molecule has 1 aliphatic rings. The van der Waals surface area contributed by atoms with E-state index in [1.54, 1.807) is 30.2 Å². The van der Waals surface area contributed by atoms with E-state index in [1.165, 1.54) is 12.1 Å². The lowest BCUT2D eigenvalue weighted by Crippen LogP contribution is -2.39. The predicted molar refractivity (Wildman–Crippen MR) is 92.7 cm³/mol. The van der Waals surface area contributed by atoms with Gasteiger partial charge in [0.15, 0.2) is 0 Å². The van der Waals surface area contributed by atoms with Crippen molar-refractivity contribution < 1.29 is 13.6 Å². The Morgan fingerprint density at radius 1 is 1.29 bits per heavy atom. The molecule has 24 heavy (non-hydrogen) atoms. The van der Waals surface area contributed by atoms with Gasteiger partial charge in [-0.3, -0.25) is 0 Å². The lowest BCUT2D eigenvalue weighted by molar-refractivity contribution is 0.235. The number of carbonyl (C=O) groups is 1. The summed E-state index contributed by atoms with van der Waals surface area (Å²) < 4.78 is 18.2. The Labute approximate surface area is 145 Å². The minimum atomic E-state index is -0.221. The van der Waals surface area contributed by atoms with Crippen molar-refractivity contribution in [1.82, 2.24) is 10.6 Å². The van der Waals surface area contributed by atoms with Gasteiger partial charge >= 0.3 is 6.03 Å². The zero-order valence-corrected chi connectivity index (χ0v) is 14.2. The number of nitrogens with one attached hydrogen (secondary N) is 2. The van der Waals surface area contributed by atoms with Gasteiger partial charge in [-0.05, 0) is 55.3 Å². The molecule has 4 nitrogen and oxygen atoms in total. The molecule has 1 unspecified atom stereocenters. The largest absolute Gasteiger partial charge is 0.469 e. The van der Waals surface area contributed by atoms with Crippen LogP contribution < -0.4 is 10.6 Å². The maximum atomic E-state index is 12.8. The Morgan fingerprint density at radius 3 is 2.96 bits per heavy atom. The number of thioether (sulfide) groups is 1. The Balaban J connectivity index is 1.34. The van der Waals surface area contributed by atoms with Gasteiger partial charge in [0.05, 0.1) is 12.3 Å². The first-order valence-electron chi connectivity index (χ1n) is 8.21. The van der Waals surface area contributed by atoms with E-state index >= 15 is 0 Å². The van der Waals surface area contributed by atoms with Crippen LogP contribution >= 0.6 is 11.8 Å². The zero-order chi connectivity index (χ0) is 16.8. The van der Waals surface area contributed by atoms with Gasteiger partial charge in [0, 0.05) is 23.4 Å². The van der Waals surface area contributed by atoms with Crippen molar-refractivity contribution in [1.29, 1.82) is 0 Å². The van der Waals surface area contributed by atoms with Crippen LogP contribution in [-0.4, -0.2) is 18.3 Å². The van der Waals surface area contributed by atoms with E-state index in [-0.39, 0.29) is 17.9 Å². The van der Waals surface area contributed by atoms with Crippen LogP contribution in [0.2, 0.25) is 0 Å². The van der Waals surface area contributed by atoms with Crippen molar-refractivity contribution in [3.05, 3.63) is 53.7 Å². The second kappa shape index (κ2) is 8.24. The Kier molecular flexibility index (Phi) is 5.80. The molecule has 0 fully saturated rings. The van der Waals surface area contributed by atoms with E-state index in [1.807, 2.05) is 6.07 Å². The molecule has 1 aromatic heterocycles. The molecule has 6 heteroatoms. The second-order valence-electron chi connectivity index (χ2n) is 5.80. The molecule has 0 bridgehead atoms. The SMILES string of the molecule is O=C(NCCCSc1ccc(F)cc1)NC1CCCc2occc21. The molecule has 1 aliphatic carbocycles. The molecule has 1 aromatic carbocycles. The molecule has 1 heterocycles. The molecular formula is C18H21FN2O2S. The van der Waals surface area contributed by atoms with Crippen molar-refractivity contribution in [2.45, 2.75) is 36.6 Å². The molecule has 0 aliphatic heterocycles. The molecule has 0 spiro atoms. The van der Waals surface area contributed by atoms with E-state index < -0.39 is 0 Å². The fourth-order valence-electron chi connectivity index (χ4n) is 2.84. The minimum absolute atomic E-state index is 0.0427. The standard InChI is InChI=1S/C18H21FN2O2S/c19-13-5-7-14(8-6-13)24-12-2-10-20-18(22)21-16-3-1-4-17-15(16)9-11-23-17/h5-9,11,16H,1-4,10,12H2,(H2,20,21,22). The molecule has 0 saturated carbocycles. The van der Waals surface area contributed by atoms with Crippen molar-refractivity contribution in [2.24, 2.45) is 0 Å². The number of aryl methyl sites for hydroxylation is 1. The summed E-state index contributed by atoms with van der Waals surface area (Å²) >= 11 is 1.66. The molecule has 3 rings (SSSR count). The summed E-state index contributed by atoms with van der Waals surface area (Å²) in [6, 6.07) is 8.31. The highest BCUT2D eigenvalue weighted by molar-refractivity contribution is 7.99. The summed E-state index contributed by atoms with van der Waals surface area (Å²) in [6.45, 7) is 0.616. The first-order valence-corrected chi connectivity index (χ1v) is 9.20. The number of hydrogen-bond donors (Lipinski definition) is 2. The number of furan rings is 1. The summed E-state index contributed by atoms with van der Waals surface area (Å²) in [5.41, 5.74) is 1.10. The van der Waals surface area contributed by atoms with Crippen LogP contribution in [0.1, 0.15) is 36.6 Å². The van der Waals surface area contributed by atoms with Gasteiger partial charge in [-0.15, -0.1) is 11.8 Å². The predicted octanol–water partition coefficient (Wildman–Crippen LogP) is 4.28. The van der Waals surface area contributed by atoms with E-state index in [9.17, 15) is 9.18 Å². The topological polar surface area (TPSA) is 54.3 Å². The van der Waals surface area contributed by atoms with Gasteiger partial charge in [-0.25, -0.2) is 9.18 Å². The van der Waals surface area contributed by atoms with E-state index in [2.05, 4.69) is 10.6 Å². The third-order valence-corrected chi connectivity index (χ3v) is 5.14. The normalized spacial score (nSPS) is 16.5. The zero-order valence-electron chi connectivity index (χ0n) is 13.4. The lowest BCUT2D eigenvalue weighted by atomic mass is 9.93. The van der Waals surface area contributed by atoms with Gasteiger partial charge in [-0.1, -0.05) is 0 Å². The Morgan fingerprint density at radius 2 is 2.12 bits per heavy atom. The number of urea groups is 1. The quantitative estimate of drug-likeness (QED) is 0.605. The molecular weight excluding hydrogens is 327 g/mol. The fourth-order valence-corrected chi connectivity index (χ4v) is 3.69. The van der Waals surface area contributed by atoms with Crippen LogP contribution in [-0.2, 0) is 6.42 Å². The summed E-state index contributed by atoms with van der Waals surface area (Å²) in [7, 11) is 0. The number of halogens is 1. The van der Waals surface area contributed by atoms with Crippen LogP contribution in [0.4, 0.5) is 9.18 Å². The monoisotopic (exact) mass is 348 g/mol. The maximum absolute atomic E-state index is 12.8. The van der Waals surface area contributed by atoms with Crippen molar-refractivity contribution in [3.8, 4) is 0 Å². The molecule has 128 valence electrons. The lowest BCUT2D eigenvalue weighted by Gasteiger charge is -2.22. The van der Waals surface area contributed by atoms with Gasteiger partial charge in [0.25, 0.3) is 0 Å². The van der Waals surface area contributed by atoms with Gasteiger partial charge in [0.2, 0.25) is 0 Å². The number of benzene rings is 1. The molecule has 2 N–H and O–H groups in total. The van der Waals surface area contributed by atoms with Crippen LogP contribution in [0.15, 0.2) is 45.9 Å². The molecule has 2 aromatic rings. The summed E-state index contributed by atoms with van der Waals surface area (Å²) in [5.74, 6) is 1.64. The highest BCUT2D eigenvalue weighted by Gasteiger charge is 2.23. The number of rotatable bonds is 6. The summed E-state index contributed by atoms with van der Waals surface area (Å²) in [5, 5.41) is 5.91. The van der Waals surface area contributed by atoms with E-state index in [0.29, 0.717) is 6.54 Å². The van der Waals surface area contributed by atoms with Crippen molar-refractivity contribution >= 4 is 17.8 Å². The molecule has 0 radical (unpaired) electrons. The first kappa shape index (κ1) is 16.9. The average Bonchev–Trinajstić information content (AvgIpc) is 3.06. The first-order chi connectivity index (χ1) is 11.7. The molecule has 1 atom stereocenters. The van der Waals surface area contributed by atoms with Gasteiger partial charge < -0.3 is 15.1 Å². The molecule has 0 saturated heterocycles. The van der Waals surface area contributed by atoms with E-state index in [0.717, 1.165) is 47.7 Å². The Hall–Kier alpha value is -1.95. The smallest absolute Gasteiger partial charge is 0.315 e. The summed E-state index contributed by atoms with van der Waals surface area (Å²) in [4.78, 5) is 13.0. The van der Waals surface area contributed by atoms with Crippen LogP contribution in [0.3, 0.4) is 0 Å². The minimum Gasteiger partial charge on any atom is -0.469 e. The number of carbonyl (C=O) groups excluding carboxylic acids is 1. The van der Waals surface area contributed by atoms with Crippen molar-refractivity contribution in [3.63, 3.8) is 0 Å². The van der Waals surface area contributed by atoms with Crippen LogP contribution in [0.25, 0.3) is 0 Å². The highest BCUT2D eigenvalue weighted by Crippen LogP contribution is 2.30. The third-order valence-electron chi connectivity index (χ3n) is 4.05. The maximum Gasteiger partial charge on any atom is 0.315 e. The van der Waals surface area contributed by atoms with Crippen molar-refractivity contribution in [2.75, 3.05) is 12.3 Å². The molecule has 2 amide bonds. The number of amides is 2. The van der Waals surface area contributed by atoms with Gasteiger partial charge in [0.1, 0.15) is 11.6 Å². The Bertz CT molecular complexity index is 672.